The van der Waals surface area contributed by atoms with Crippen molar-refractivity contribution in [1.29, 1.82) is 0 Å². The molecule has 0 radical (unpaired) electrons. The highest BCUT2D eigenvalue weighted by Gasteiger charge is 2.33. The summed E-state index contributed by atoms with van der Waals surface area (Å²) in [4.78, 5) is 16.4. The molecule has 1 heterocycles. The van der Waals surface area contributed by atoms with E-state index in [2.05, 4.69) is 23.8 Å². The number of amides is 1. The van der Waals surface area contributed by atoms with Crippen molar-refractivity contribution in [2.45, 2.75) is 72.1 Å². The van der Waals surface area contributed by atoms with E-state index in [4.69, 9.17) is 11.2 Å². The van der Waals surface area contributed by atoms with E-state index in [0.717, 1.165) is 31.5 Å². The number of terminal acetylenes is 1. The highest BCUT2D eigenvalue weighted by atomic mass is 16.6. The van der Waals surface area contributed by atoms with Gasteiger partial charge in [-0.1, -0.05) is 25.8 Å². The highest BCUT2D eigenvalue weighted by molar-refractivity contribution is 5.68. The Bertz CT molecular complexity index is 471. The summed E-state index contributed by atoms with van der Waals surface area (Å²) in [5.41, 5.74) is 0.676. The van der Waals surface area contributed by atoms with Crippen molar-refractivity contribution in [2.75, 3.05) is 19.6 Å². The van der Waals surface area contributed by atoms with E-state index in [1.54, 1.807) is 0 Å². The molecule has 130 valence electrons. The molecule has 1 aliphatic carbocycles. The third kappa shape index (κ3) is 5.58. The Morgan fingerprint density at radius 1 is 1.35 bits per heavy atom. The Morgan fingerprint density at radius 2 is 2.00 bits per heavy atom. The molecule has 0 saturated carbocycles. The van der Waals surface area contributed by atoms with Crippen LogP contribution in [0.1, 0.15) is 54.4 Å². The molecule has 2 aliphatic rings. The Kier molecular flexibility index (Phi) is 7.15. The summed E-state index contributed by atoms with van der Waals surface area (Å²) >= 11 is 0. The van der Waals surface area contributed by atoms with E-state index in [9.17, 15) is 4.79 Å². The van der Waals surface area contributed by atoms with Crippen molar-refractivity contribution in [1.82, 2.24) is 9.80 Å². The maximum Gasteiger partial charge on any atom is 0.410 e. The molecule has 1 fully saturated rings. The number of nitrogens with zero attached hydrogens (tertiary/aromatic N) is 2. The first-order valence-electron chi connectivity index (χ1n) is 8.71. The lowest BCUT2D eigenvalue weighted by atomic mass is 10.1. The summed E-state index contributed by atoms with van der Waals surface area (Å²) in [7, 11) is 0. The number of ether oxygens (including phenoxy) is 1. The third-order valence-corrected chi connectivity index (χ3v) is 4.04. The largest absolute Gasteiger partial charge is 0.444 e. The summed E-state index contributed by atoms with van der Waals surface area (Å²) in [5.74, 6) is 2.75. The molecule has 0 N–H and O–H groups in total. The number of carbonyl (C=O) groups is 1. The van der Waals surface area contributed by atoms with Gasteiger partial charge in [-0.05, 0) is 46.1 Å². The Balaban J connectivity index is 0.00000127. The van der Waals surface area contributed by atoms with Gasteiger partial charge in [0, 0.05) is 31.7 Å². The second kappa shape index (κ2) is 8.40. The van der Waals surface area contributed by atoms with Gasteiger partial charge < -0.3 is 9.64 Å². The summed E-state index contributed by atoms with van der Waals surface area (Å²) in [6, 6.07) is 0.747. The first-order chi connectivity index (χ1) is 10.8. The Labute approximate surface area is 141 Å². The smallest absolute Gasteiger partial charge is 0.410 e. The van der Waals surface area contributed by atoms with Crippen LogP contribution in [0.2, 0.25) is 0 Å². The van der Waals surface area contributed by atoms with Gasteiger partial charge in [0.1, 0.15) is 5.60 Å². The molecule has 4 nitrogen and oxygen atoms in total. The maximum absolute atomic E-state index is 12.1. The van der Waals surface area contributed by atoms with Crippen molar-refractivity contribution >= 4 is 6.09 Å². The van der Waals surface area contributed by atoms with Gasteiger partial charge in [-0.25, -0.2) is 4.79 Å². The van der Waals surface area contributed by atoms with Gasteiger partial charge in [0.15, 0.2) is 0 Å². The molecule has 0 aromatic heterocycles. The highest BCUT2D eigenvalue weighted by Crippen LogP contribution is 2.26. The summed E-state index contributed by atoms with van der Waals surface area (Å²) in [5, 5.41) is 0. The van der Waals surface area contributed by atoms with Crippen LogP contribution in [-0.4, -0.2) is 53.2 Å². The molecule has 2 rings (SSSR count). The van der Waals surface area contributed by atoms with Gasteiger partial charge in [0.05, 0.1) is 0 Å². The standard InChI is InChI=1S/C17H26N2O2.C2H6/c1-6-14-7-8-15(11-14)19-10-9-18(12-13(19)2)16(20)21-17(3,4)5;1-2/h1,11,13,15H,7-10,12H2,2-5H3;1-2H3. The van der Waals surface area contributed by atoms with Crippen LogP contribution < -0.4 is 0 Å². The molecule has 1 saturated heterocycles. The first kappa shape index (κ1) is 19.6. The van der Waals surface area contributed by atoms with E-state index < -0.39 is 5.60 Å². The second-order valence-electron chi connectivity index (χ2n) is 6.96. The molecule has 0 aromatic rings. The number of rotatable bonds is 1. The summed E-state index contributed by atoms with van der Waals surface area (Å²) in [6.45, 7) is 14.2. The van der Waals surface area contributed by atoms with Crippen molar-refractivity contribution in [2.24, 2.45) is 0 Å². The van der Waals surface area contributed by atoms with E-state index in [0.29, 0.717) is 18.6 Å². The van der Waals surface area contributed by atoms with E-state index in [1.165, 1.54) is 0 Å². The van der Waals surface area contributed by atoms with Gasteiger partial charge in [-0.2, -0.15) is 0 Å². The molecule has 0 bridgehead atoms. The summed E-state index contributed by atoms with van der Waals surface area (Å²) < 4.78 is 5.45. The number of hydrogen-bond acceptors (Lipinski definition) is 3. The fraction of sp³-hybridized carbons (Fsp3) is 0.737. The molecule has 2 unspecified atom stereocenters. The molecule has 1 amide bonds. The van der Waals surface area contributed by atoms with Gasteiger partial charge in [0.2, 0.25) is 0 Å². The van der Waals surface area contributed by atoms with E-state index in [-0.39, 0.29) is 6.09 Å². The van der Waals surface area contributed by atoms with E-state index >= 15 is 0 Å². The molecular weight excluding hydrogens is 288 g/mol. The molecule has 4 heteroatoms. The summed E-state index contributed by atoms with van der Waals surface area (Å²) in [6.07, 6.45) is 9.57. The minimum atomic E-state index is -0.437. The van der Waals surface area contributed by atoms with Crippen LogP contribution in [-0.2, 0) is 4.74 Å². The maximum atomic E-state index is 12.1. The normalized spacial score (nSPS) is 25.1. The Morgan fingerprint density at radius 3 is 2.48 bits per heavy atom. The van der Waals surface area contributed by atoms with Crippen molar-refractivity contribution in [3.63, 3.8) is 0 Å². The average molecular weight is 320 g/mol. The minimum Gasteiger partial charge on any atom is -0.444 e. The quantitative estimate of drug-likeness (QED) is 0.691. The second-order valence-corrected chi connectivity index (χ2v) is 6.96. The lowest BCUT2D eigenvalue weighted by Gasteiger charge is -2.42. The van der Waals surface area contributed by atoms with Gasteiger partial charge in [-0.3, -0.25) is 4.90 Å². The monoisotopic (exact) mass is 320 g/mol. The van der Waals surface area contributed by atoms with E-state index in [1.807, 2.05) is 39.5 Å². The zero-order valence-electron chi connectivity index (χ0n) is 15.6. The van der Waals surface area contributed by atoms with Crippen LogP contribution in [0.15, 0.2) is 11.6 Å². The topological polar surface area (TPSA) is 32.8 Å². The number of carbonyl (C=O) groups excluding carboxylic acids is 1. The molecule has 0 spiro atoms. The van der Waals surface area contributed by atoms with Crippen LogP contribution in [0.3, 0.4) is 0 Å². The lowest BCUT2D eigenvalue weighted by Crippen LogP contribution is -2.56. The average Bonchev–Trinajstić information content (AvgIpc) is 2.96. The molecule has 1 aliphatic heterocycles. The third-order valence-electron chi connectivity index (χ3n) is 4.04. The predicted molar refractivity (Wildman–Crippen MR) is 95.3 cm³/mol. The number of hydrogen-bond donors (Lipinski definition) is 0. The zero-order chi connectivity index (χ0) is 17.6. The Hall–Kier alpha value is -1.47. The van der Waals surface area contributed by atoms with Crippen LogP contribution in [0.25, 0.3) is 0 Å². The fourth-order valence-electron chi connectivity index (χ4n) is 3.04. The predicted octanol–water partition coefficient (Wildman–Crippen LogP) is 3.68. The molecule has 23 heavy (non-hydrogen) atoms. The van der Waals surface area contributed by atoms with Crippen molar-refractivity contribution in [3.05, 3.63) is 11.6 Å². The number of allylic oxidation sites excluding steroid dienone is 1. The minimum absolute atomic E-state index is 0.208. The fourth-order valence-corrected chi connectivity index (χ4v) is 3.04. The van der Waals surface area contributed by atoms with Crippen LogP contribution >= 0.6 is 0 Å². The zero-order valence-corrected chi connectivity index (χ0v) is 15.6. The van der Waals surface area contributed by atoms with Gasteiger partial charge >= 0.3 is 6.09 Å². The van der Waals surface area contributed by atoms with Gasteiger partial charge in [-0.15, -0.1) is 6.42 Å². The number of piperazine rings is 1. The molecular formula is C19H32N2O2. The van der Waals surface area contributed by atoms with Crippen LogP contribution in [0, 0.1) is 12.3 Å². The van der Waals surface area contributed by atoms with Crippen LogP contribution in [0.4, 0.5) is 4.79 Å². The molecule has 2 atom stereocenters. The van der Waals surface area contributed by atoms with Crippen molar-refractivity contribution < 1.29 is 9.53 Å². The first-order valence-corrected chi connectivity index (χ1v) is 8.71. The van der Waals surface area contributed by atoms with Gasteiger partial charge in [0.25, 0.3) is 0 Å². The van der Waals surface area contributed by atoms with Crippen molar-refractivity contribution in [3.8, 4) is 12.3 Å². The van der Waals surface area contributed by atoms with Crippen LogP contribution in [0.5, 0.6) is 0 Å². The lowest BCUT2D eigenvalue weighted by molar-refractivity contribution is 0.00164. The molecule has 0 aromatic carbocycles. The SMILES string of the molecule is C#CC1=CC(N2CCN(C(=O)OC(C)(C)C)CC2C)CC1.CC.